The Kier molecular flexibility index (Phi) is 20.2. The van der Waals surface area contributed by atoms with E-state index >= 15 is 0 Å². The summed E-state index contributed by atoms with van der Waals surface area (Å²) in [4.78, 5) is 11.2. The molecule has 0 amide bonds. The van der Waals surface area contributed by atoms with Crippen LogP contribution in [0.3, 0.4) is 0 Å². The lowest BCUT2D eigenvalue weighted by Crippen LogP contribution is -2.61. The summed E-state index contributed by atoms with van der Waals surface area (Å²) in [6.45, 7) is 70.5. The van der Waals surface area contributed by atoms with E-state index in [1.807, 2.05) is 0 Å². The number of fused-ring (bicyclic) bond motifs is 21. The Morgan fingerprint density at radius 1 is 0.267 bits per heavy atom. The van der Waals surface area contributed by atoms with Gasteiger partial charge in [-0.05, 0) is 409 Å². The van der Waals surface area contributed by atoms with Gasteiger partial charge in [0.1, 0.15) is 0 Å². The Labute approximate surface area is 880 Å². The van der Waals surface area contributed by atoms with E-state index in [1.165, 1.54) is 259 Å². The fourth-order valence-corrected chi connectivity index (χ4v) is 33.6. The Morgan fingerprint density at radius 3 is 1.01 bits per heavy atom. The lowest BCUT2D eigenvalue weighted by Gasteiger charge is -2.48. The van der Waals surface area contributed by atoms with Gasteiger partial charge in [0.25, 0.3) is 13.4 Å². The van der Waals surface area contributed by atoms with Gasteiger partial charge in [0, 0.05) is 86.4 Å². The van der Waals surface area contributed by atoms with Gasteiger partial charge in [0.05, 0.1) is 30.8 Å². The number of nitrogens with zero attached hydrogens (tertiary/aromatic N) is 4. The summed E-state index contributed by atoms with van der Waals surface area (Å²) < 4.78 is 5.70. The van der Waals surface area contributed by atoms with Crippen LogP contribution in [-0.4, -0.2) is 21.5 Å². The smallest absolute Gasteiger partial charge is 0.264 e. The van der Waals surface area contributed by atoms with Crippen molar-refractivity contribution in [2.24, 2.45) is 0 Å². The summed E-state index contributed by atoms with van der Waals surface area (Å²) in [7, 11) is -1.70. The minimum Gasteiger partial charge on any atom is -0.311 e. The monoisotopic (exact) mass is 1960 g/mol. The molecule has 16 aromatic rings. The van der Waals surface area contributed by atoms with Gasteiger partial charge < -0.3 is 19.6 Å². The van der Waals surface area contributed by atoms with E-state index in [9.17, 15) is 0 Å². The third-order valence-electron chi connectivity index (χ3n) is 39.7. The Bertz CT molecular complexity index is 8360. The first-order valence-electron chi connectivity index (χ1n) is 55.4. The Morgan fingerprint density at radius 2 is 0.596 bits per heavy atom. The van der Waals surface area contributed by atoms with Crippen LogP contribution in [0.25, 0.3) is 64.0 Å². The Balaban J connectivity index is 0.648. The molecule has 6 heterocycles. The van der Waals surface area contributed by atoms with Gasteiger partial charge in [-0.25, -0.2) is 0 Å². The van der Waals surface area contributed by atoms with Crippen molar-refractivity contribution in [3.63, 3.8) is 0 Å². The molecule has 0 radical (unpaired) electrons. The molecule has 2 aromatic heterocycles. The van der Waals surface area contributed by atoms with Crippen molar-refractivity contribution in [2.45, 2.75) is 341 Å². The van der Waals surface area contributed by atoms with Crippen LogP contribution in [0.4, 0.5) is 68.2 Å². The lowest BCUT2D eigenvalue weighted by atomic mass is 9.35. The van der Waals surface area contributed by atoms with E-state index in [0.717, 1.165) is 77.0 Å². The van der Waals surface area contributed by atoms with Crippen molar-refractivity contribution in [2.75, 3.05) is 19.6 Å². The highest BCUT2D eigenvalue weighted by Gasteiger charge is 2.55. The molecule has 0 bridgehead atoms. The number of hydrogen-bond acceptors (Lipinski definition) is 6. The van der Waals surface area contributed by atoms with Crippen molar-refractivity contribution in [1.29, 1.82) is 0 Å². The van der Waals surface area contributed by atoms with Crippen molar-refractivity contribution < 1.29 is 0 Å². The van der Waals surface area contributed by atoms with Crippen molar-refractivity contribution in [3.8, 4) is 22.3 Å². The molecule has 0 spiro atoms. The van der Waals surface area contributed by atoms with Crippen molar-refractivity contribution in [3.05, 3.63) is 314 Å². The molecule has 14 aromatic carbocycles. The molecule has 1 atom stereocenters. The van der Waals surface area contributed by atoms with Crippen LogP contribution in [0.2, 0.25) is 19.6 Å². The van der Waals surface area contributed by atoms with Gasteiger partial charge in [-0.3, -0.25) is 0 Å². The minimum absolute atomic E-state index is 0.00450. The third-order valence-corrected chi connectivity index (χ3v) is 44.1. The largest absolute Gasteiger partial charge is 0.311 e. The highest BCUT2D eigenvalue weighted by molar-refractivity contribution is 7.34. The van der Waals surface area contributed by atoms with Gasteiger partial charge in [-0.15, -0.1) is 22.7 Å². The molecule has 1 unspecified atom stereocenters. The molecule has 0 N–H and O–H groups in total. The summed E-state index contributed by atoms with van der Waals surface area (Å²) in [5.74, 6) is 0. The number of rotatable bonds is 9. The SMILES string of the molecule is Cc1cc2c3c(c1)N(c1ccc4ccc5cc(CC6(C)CCC(C)(C)c7cc8c9c(sc8cc76)B6c7cc8c(cc7N(c7cc%10c(cc7-c7ccccc7)C(C)(C)CCC%10(C)C)c7cc(C)cc(c76)N9c6ccc([Si](C)(C)C)cc6)C(C)(C)CCC8(C)C)ccc5c4c1)c1c(sc4cc5c(cc14)C(C)(C)CCC5(C)C)B3c1cc3c(cc1N2c1cc2c(cc1-c1ccccc1)C(C)(C)CCC2(C)C)C(C)(C)CCC3(C)C. The van der Waals surface area contributed by atoms with Gasteiger partial charge >= 0.3 is 0 Å². The molecule has 0 saturated carbocycles. The van der Waals surface area contributed by atoms with E-state index in [2.05, 4.69) is 466 Å². The zero-order chi connectivity index (χ0) is 102. The number of aryl methyl sites for hydroxylation is 2. The average molecular weight is 1960 g/mol. The normalized spacial score (nSPS) is 20.8. The summed E-state index contributed by atoms with van der Waals surface area (Å²) >= 11 is 4.21. The molecule has 0 saturated heterocycles. The van der Waals surface area contributed by atoms with E-state index in [0.29, 0.717) is 0 Å². The molecule has 738 valence electrons. The van der Waals surface area contributed by atoms with Crippen molar-refractivity contribution in [1.82, 2.24) is 0 Å². The van der Waals surface area contributed by atoms with Crippen LogP contribution in [0.15, 0.2) is 231 Å². The van der Waals surface area contributed by atoms with Gasteiger partial charge in [0.2, 0.25) is 0 Å². The molecule has 10 aliphatic rings. The standard InChI is InChI=1S/C137H148B2N4S2Si/c1-80-61-114-120-116(63-80)142(110-73-102-96(126(3,4)49-54-131(102,13)14)67-92(110)83-35-31-29-32-36-83)112-75-104-100(129(9,10)52-56-133(104,17)18)71-108(112)138(120)124-122(140(114)87-44-46-89(47-45-87)146(26,27)28)95-70-99-107(78-119(95)145-124)137(25,60-59-136(99,23)24)79-82-39-48-90-86(65-82)41-40-85-42-43-88(66-91(85)90)141-115-62-81(2)64-117-121(115)139(125-123(141)94-69-98-106(77-118(94)144-125)135(21,22)58-51-128(98,7)8)109-72-101-105(134(19,20)57-53-130(101,11)12)76-113(109)143(117)111-74-103-97(127(5,6)50-55-132(103,15)16)68-93(111)84-37-33-30-34-38-84/h29-48,61-78H,49-60,79H2,1-28H3. The maximum Gasteiger partial charge on any atom is 0.264 e. The molecule has 0 fully saturated rings. The quantitative estimate of drug-likeness (QED) is 0.105. The van der Waals surface area contributed by atoms with Crippen LogP contribution in [0, 0.1) is 13.8 Å². The van der Waals surface area contributed by atoms with E-state index in [1.54, 1.807) is 0 Å². The van der Waals surface area contributed by atoms with E-state index in [-0.39, 0.29) is 78.4 Å². The summed E-state index contributed by atoms with van der Waals surface area (Å²) in [6.07, 6.45) is 14.6. The van der Waals surface area contributed by atoms with Crippen LogP contribution in [-0.2, 0) is 71.4 Å². The van der Waals surface area contributed by atoms with E-state index in [4.69, 9.17) is 0 Å². The fraction of sp³-hybridized carbons (Fsp3) is 0.387. The van der Waals surface area contributed by atoms with E-state index < -0.39 is 8.07 Å². The number of benzene rings is 14. The molecule has 4 nitrogen and oxygen atoms in total. The first-order valence-corrected chi connectivity index (χ1v) is 60.6. The van der Waals surface area contributed by atoms with Crippen LogP contribution in [0.5, 0.6) is 0 Å². The summed E-state index contributed by atoms with van der Waals surface area (Å²) in [5.41, 5.74) is 48.1. The molecule has 26 rings (SSSR count). The van der Waals surface area contributed by atoms with Gasteiger partial charge in [-0.2, -0.15) is 0 Å². The van der Waals surface area contributed by atoms with Crippen LogP contribution >= 0.6 is 22.7 Å². The Hall–Kier alpha value is -10.9. The second kappa shape index (κ2) is 31.1. The highest BCUT2D eigenvalue weighted by Crippen LogP contribution is 2.63. The lowest BCUT2D eigenvalue weighted by molar-refractivity contribution is 0.311. The zero-order valence-corrected chi connectivity index (χ0v) is 95.0. The minimum atomic E-state index is -1.70. The maximum absolute atomic E-state index is 2.83. The number of anilines is 12. The second-order valence-electron chi connectivity index (χ2n) is 55.8. The first kappa shape index (κ1) is 94.8. The first-order chi connectivity index (χ1) is 68.8. The molecule has 9 heteroatoms. The molecule has 4 aliphatic heterocycles. The molecular formula is C137H148B2N4S2Si. The van der Waals surface area contributed by atoms with Crippen molar-refractivity contribution >= 4 is 191 Å². The van der Waals surface area contributed by atoms with Crippen LogP contribution in [0.1, 0.15) is 320 Å². The summed E-state index contributed by atoms with van der Waals surface area (Å²) in [6, 6.07) is 96.1. The van der Waals surface area contributed by atoms with Gasteiger partial charge in [0.15, 0.2) is 0 Å². The van der Waals surface area contributed by atoms with Gasteiger partial charge in [-0.1, -0.05) is 305 Å². The number of thiophene rings is 2. The highest BCUT2D eigenvalue weighted by atomic mass is 32.1. The molecular weight excluding hydrogens is 1820 g/mol. The average Bonchev–Trinajstić information content (AvgIpc) is 1.31. The zero-order valence-electron chi connectivity index (χ0n) is 92.4. The maximum atomic E-state index is 2.83. The number of hydrogen-bond donors (Lipinski definition) is 0. The predicted octanol–water partition coefficient (Wildman–Crippen LogP) is 34.4. The fourth-order valence-electron chi connectivity index (χ4n) is 29.8. The molecule has 6 aliphatic carbocycles. The predicted molar refractivity (Wildman–Crippen MR) is 640 cm³/mol. The third kappa shape index (κ3) is 14.0. The second-order valence-corrected chi connectivity index (χ2v) is 63.1. The van der Waals surface area contributed by atoms with Crippen LogP contribution < -0.4 is 56.2 Å². The topological polar surface area (TPSA) is 13.0 Å². The summed E-state index contributed by atoms with van der Waals surface area (Å²) in [5, 5.41) is 9.41. The molecule has 146 heavy (non-hydrogen) atoms.